The van der Waals surface area contributed by atoms with Crippen LogP contribution in [-0.4, -0.2) is 6.61 Å². The maximum atomic E-state index is 14.1. The second kappa shape index (κ2) is 9.90. The maximum absolute atomic E-state index is 14.1. The van der Waals surface area contributed by atoms with Gasteiger partial charge in [-0.05, 0) is 58.3 Å². The van der Waals surface area contributed by atoms with E-state index in [1.165, 1.54) is 6.07 Å². The molecule has 0 bridgehead atoms. The van der Waals surface area contributed by atoms with Gasteiger partial charge < -0.3 is 9.47 Å². The predicted octanol–water partition coefficient (Wildman–Crippen LogP) is 6.63. The highest BCUT2D eigenvalue weighted by molar-refractivity contribution is 9.10. The fraction of sp³-hybridized carbons (Fsp3) is 0.125. The van der Waals surface area contributed by atoms with Gasteiger partial charge in [0.25, 0.3) is 0 Å². The largest absolute Gasteiger partial charge is 0.490 e. The first kappa shape index (κ1) is 20.6. The number of hydrogen-bond acceptors (Lipinski definition) is 3. The van der Waals surface area contributed by atoms with Crippen LogP contribution in [0.3, 0.4) is 0 Å². The third-order valence-corrected chi connectivity index (χ3v) is 4.74. The fourth-order valence-electron chi connectivity index (χ4n) is 2.82. The smallest absolute Gasteiger partial charge is 0.175 e. The molecule has 0 saturated heterocycles. The summed E-state index contributed by atoms with van der Waals surface area (Å²) in [5, 5.41) is 9.52. The first-order chi connectivity index (χ1) is 14.1. The summed E-state index contributed by atoms with van der Waals surface area (Å²) < 4.78 is 26.5. The first-order valence-electron chi connectivity index (χ1n) is 9.12. The fourth-order valence-corrected chi connectivity index (χ4v) is 3.39. The highest BCUT2D eigenvalue weighted by Crippen LogP contribution is 2.38. The van der Waals surface area contributed by atoms with Crippen molar-refractivity contribution in [2.75, 3.05) is 6.61 Å². The number of allylic oxidation sites excluding steroid dienone is 1. The van der Waals surface area contributed by atoms with Gasteiger partial charge in [-0.3, -0.25) is 0 Å². The van der Waals surface area contributed by atoms with Gasteiger partial charge in [0.2, 0.25) is 0 Å². The van der Waals surface area contributed by atoms with Crippen molar-refractivity contribution in [3.05, 3.63) is 93.7 Å². The molecule has 0 spiro atoms. The Morgan fingerprint density at radius 3 is 2.48 bits per heavy atom. The molecular formula is C24H19BrFNO2. The van der Waals surface area contributed by atoms with Gasteiger partial charge in [0, 0.05) is 5.56 Å². The lowest BCUT2D eigenvalue weighted by Gasteiger charge is -2.15. The molecule has 0 atom stereocenters. The second-order valence-corrected chi connectivity index (χ2v) is 7.04. The maximum Gasteiger partial charge on any atom is 0.175 e. The Morgan fingerprint density at radius 2 is 1.79 bits per heavy atom. The summed E-state index contributed by atoms with van der Waals surface area (Å²) in [6.07, 6.45) is 1.63. The molecule has 0 fully saturated rings. The Morgan fingerprint density at radius 1 is 1.07 bits per heavy atom. The summed E-state index contributed by atoms with van der Waals surface area (Å²) in [4.78, 5) is 0. The Hall–Kier alpha value is -3.10. The summed E-state index contributed by atoms with van der Waals surface area (Å²) in [7, 11) is 0. The molecule has 0 amide bonds. The van der Waals surface area contributed by atoms with E-state index in [4.69, 9.17) is 9.47 Å². The van der Waals surface area contributed by atoms with Gasteiger partial charge >= 0.3 is 0 Å². The van der Waals surface area contributed by atoms with E-state index in [2.05, 4.69) is 22.0 Å². The van der Waals surface area contributed by atoms with Crippen LogP contribution in [-0.2, 0) is 6.61 Å². The number of hydrogen-bond donors (Lipinski definition) is 0. The summed E-state index contributed by atoms with van der Waals surface area (Å²) >= 11 is 3.53. The van der Waals surface area contributed by atoms with E-state index in [0.717, 1.165) is 5.56 Å². The van der Waals surface area contributed by atoms with Gasteiger partial charge in [-0.2, -0.15) is 5.26 Å². The van der Waals surface area contributed by atoms with E-state index in [1.807, 2.05) is 43.3 Å². The molecule has 146 valence electrons. The minimum atomic E-state index is -0.438. The van der Waals surface area contributed by atoms with Gasteiger partial charge in [0.05, 0.1) is 22.7 Å². The highest BCUT2D eigenvalue weighted by Gasteiger charge is 2.14. The van der Waals surface area contributed by atoms with Crippen LogP contribution in [0.1, 0.15) is 23.6 Å². The molecule has 0 aromatic heterocycles. The van der Waals surface area contributed by atoms with Crippen LogP contribution in [0.5, 0.6) is 11.5 Å². The standard InChI is InChI=1S/C24H19BrFNO2/c1-2-28-23-14-18(12-19(15-27)20-10-6-7-11-22(20)26)13-21(25)24(23)29-16-17-8-4-3-5-9-17/h3-14H,2,16H2,1H3/b19-12-. The zero-order valence-electron chi connectivity index (χ0n) is 15.9. The quantitative estimate of drug-likeness (QED) is 0.299. The molecule has 3 rings (SSSR count). The van der Waals surface area contributed by atoms with Crippen molar-refractivity contribution in [2.24, 2.45) is 0 Å². The molecule has 3 nitrogen and oxygen atoms in total. The van der Waals surface area contributed by atoms with E-state index in [9.17, 15) is 9.65 Å². The van der Waals surface area contributed by atoms with Crippen LogP contribution in [0.15, 0.2) is 71.2 Å². The molecule has 0 aliphatic carbocycles. The zero-order chi connectivity index (χ0) is 20.6. The van der Waals surface area contributed by atoms with Crippen molar-refractivity contribution in [2.45, 2.75) is 13.5 Å². The summed E-state index contributed by atoms with van der Waals surface area (Å²) in [5.41, 5.74) is 2.23. The second-order valence-electron chi connectivity index (χ2n) is 6.19. The Bertz CT molecular complexity index is 1060. The monoisotopic (exact) mass is 451 g/mol. The molecular weight excluding hydrogens is 433 g/mol. The molecule has 29 heavy (non-hydrogen) atoms. The molecule has 0 N–H and O–H groups in total. The van der Waals surface area contributed by atoms with Gasteiger partial charge in [-0.25, -0.2) is 4.39 Å². The lowest BCUT2D eigenvalue weighted by molar-refractivity contribution is 0.267. The van der Waals surface area contributed by atoms with Crippen molar-refractivity contribution in [1.29, 1.82) is 5.26 Å². The number of nitrogens with zero attached hydrogens (tertiary/aromatic N) is 1. The average molecular weight is 452 g/mol. The number of ether oxygens (including phenoxy) is 2. The average Bonchev–Trinajstić information content (AvgIpc) is 2.73. The van der Waals surface area contributed by atoms with Crippen LogP contribution in [0.2, 0.25) is 0 Å². The van der Waals surface area contributed by atoms with Crippen molar-refractivity contribution < 1.29 is 13.9 Å². The number of nitriles is 1. The summed E-state index contributed by atoms with van der Waals surface area (Å²) in [6.45, 7) is 2.74. The van der Waals surface area contributed by atoms with Crippen LogP contribution < -0.4 is 9.47 Å². The van der Waals surface area contributed by atoms with Gasteiger partial charge in [0.15, 0.2) is 11.5 Å². The van der Waals surface area contributed by atoms with E-state index in [-0.39, 0.29) is 11.1 Å². The minimum absolute atomic E-state index is 0.232. The Kier molecular flexibility index (Phi) is 7.04. The van der Waals surface area contributed by atoms with Crippen molar-refractivity contribution in [3.8, 4) is 17.6 Å². The number of rotatable bonds is 7. The summed E-state index contributed by atoms with van der Waals surface area (Å²) in [6, 6.07) is 21.7. The normalized spacial score (nSPS) is 11.0. The Labute approximate surface area is 178 Å². The SMILES string of the molecule is CCOc1cc(/C=C(/C#N)c2ccccc2F)cc(Br)c1OCc1ccccc1. The van der Waals surface area contributed by atoms with Gasteiger partial charge in [-0.15, -0.1) is 0 Å². The van der Waals surface area contributed by atoms with E-state index in [0.29, 0.717) is 34.7 Å². The zero-order valence-corrected chi connectivity index (χ0v) is 17.4. The van der Waals surface area contributed by atoms with E-state index in [1.54, 1.807) is 30.3 Å². The first-order valence-corrected chi connectivity index (χ1v) is 9.91. The van der Waals surface area contributed by atoms with Crippen LogP contribution in [0.4, 0.5) is 4.39 Å². The predicted molar refractivity (Wildman–Crippen MR) is 116 cm³/mol. The molecule has 0 heterocycles. The third-order valence-electron chi connectivity index (χ3n) is 4.15. The molecule has 0 radical (unpaired) electrons. The van der Waals surface area contributed by atoms with Gasteiger partial charge in [-0.1, -0.05) is 48.5 Å². The molecule has 3 aromatic carbocycles. The molecule has 0 aliphatic rings. The highest BCUT2D eigenvalue weighted by atomic mass is 79.9. The topological polar surface area (TPSA) is 42.2 Å². The lowest BCUT2D eigenvalue weighted by atomic mass is 10.0. The van der Waals surface area contributed by atoms with Crippen LogP contribution >= 0.6 is 15.9 Å². The molecule has 5 heteroatoms. The van der Waals surface area contributed by atoms with Crippen molar-refractivity contribution >= 4 is 27.6 Å². The molecule has 0 saturated carbocycles. The van der Waals surface area contributed by atoms with Crippen molar-refractivity contribution in [1.82, 2.24) is 0 Å². The number of benzene rings is 3. The van der Waals surface area contributed by atoms with Crippen LogP contribution in [0, 0.1) is 17.1 Å². The summed E-state index contributed by atoms with van der Waals surface area (Å²) in [5.74, 6) is 0.694. The van der Waals surface area contributed by atoms with E-state index >= 15 is 0 Å². The minimum Gasteiger partial charge on any atom is -0.490 e. The molecule has 3 aromatic rings. The van der Waals surface area contributed by atoms with E-state index < -0.39 is 5.82 Å². The van der Waals surface area contributed by atoms with Crippen LogP contribution in [0.25, 0.3) is 11.6 Å². The third kappa shape index (κ3) is 5.24. The van der Waals surface area contributed by atoms with Crippen molar-refractivity contribution in [3.63, 3.8) is 0 Å². The lowest BCUT2D eigenvalue weighted by Crippen LogP contribution is -2.01. The molecule has 0 unspecified atom stereocenters. The Balaban J connectivity index is 1.95. The number of halogens is 2. The molecule has 0 aliphatic heterocycles. The van der Waals surface area contributed by atoms with Gasteiger partial charge in [0.1, 0.15) is 12.4 Å².